The van der Waals surface area contributed by atoms with E-state index in [0.29, 0.717) is 5.56 Å². The smallest absolute Gasteiger partial charge is 0.159 e. The highest BCUT2D eigenvalue weighted by atomic mass is 32.2. The van der Waals surface area contributed by atoms with Crippen LogP contribution in [0, 0.1) is 13.8 Å². The maximum Gasteiger partial charge on any atom is 0.159 e. The summed E-state index contributed by atoms with van der Waals surface area (Å²) in [7, 11) is -3.44. The molecule has 1 N–H and O–H groups in total. The van der Waals surface area contributed by atoms with Crippen LogP contribution in [0.25, 0.3) is 0 Å². The fourth-order valence-corrected chi connectivity index (χ4v) is 4.09. The summed E-state index contributed by atoms with van der Waals surface area (Å²) < 4.78 is 25.0. The minimum absolute atomic E-state index is 0.272. The molecule has 2 aromatic carbocycles. The summed E-state index contributed by atoms with van der Waals surface area (Å²) in [6.45, 7) is 5.54. The van der Waals surface area contributed by atoms with Gasteiger partial charge in [-0.15, -0.1) is 0 Å². The number of hydrogen-bond donors (Lipinski definition) is 1. The molecule has 4 heteroatoms. The highest BCUT2D eigenvalue weighted by Crippen LogP contribution is 2.27. The van der Waals surface area contributed by atoms with Gasteiger partial charge in [0.1, 0.15) is 0 Å². The number of aliphatic hydroxyl groups excluding tert-OH is 1. The Morgan fingerprint density at radius 1 is 0.955 bits per heavy atom. The molecule has 2 aromatic rings. The van der Waals surface area contributed by atoms with Crippen LogP contribution >= 0.6 is 0 Å². The fraction of sp³-hybridized carbons (Fsp3) is 0.333. The van der Waals surface area contributed by atoms with Crippen LogP contribution in [0.4, 0.5) is 0 Å². The maximum absolute atomic E-state index is 12.5. The van der Waals surface area contributed by atoms with Gasteiger partial charge in [0.05, 0.1) is 17.1 Å². The van der Waals surface area contributed by atoms with Gasteiger partial charge < -0.3 is 5.11 Å². The number of hydrogen-bond acceptors (Lipinski definition) is 3. The summed E-state index contributed by atoms with van der Waals surface area (Å²) in [6, 6.07) is 14.8. The molecule has 0 saturated carbocycles. The topological polar surface area (TPSA) is 54.4 Å². The van der Waals surface area contributed by atoms with E-state index in [-0.39, 0.29) is 5.75 Å². The minimum Gasteiger partial charge on any atom is -0.387 e. The Hall–Kier alpha value is -1.65. The van der Waals surface area contributed by atoms with Crippen LogP contribution in [0.15, 0.2) is 48.5 Å². The van der Waals surface area contributed by atoms with Crippen molar-refractivity contribution in [1.29, 1.82) is 0 Å². The van der Waals surface area contributed by atoms with Crippen molar-refractivity contribution < 1.29 is 13.5 Å². The van der Waals surface area contributed by atoms with E-state index in [1.54, 1.807) is 19.1 Å². The van der Waals surface area contributed by atoms with Crippen LogP contribution in [0.2, 0.25) is 0 Å². The summed E-state index contributed by atoms with van der Waals surface area (Å²) in [5.41, 5.74) is 3.43. The molecule has 0 bridgehead atoms. The second-order valence-electron chi connectivity index (χ2n) is 5.82. The summed E-state index contributed by atoms with van der Waals surface area (Å²) in [6.07, 6.45) is -1.00. The first kappa shape index (κ1) is 16.7. The summed E-state index contributed by atoms with van der Waals surface area (Å²) >= 11 is 0. The molecule has 0 aliphatic heterocycles. The normalized spacial score (nSPS) is 14.5. The third-order valence-corrected chi connectivity index (χ3v) is 5.96. The molecule has 0 saturated heterocycles. The standard InChI is InChI=1S/C18H22O3S/c1-13-9-14(2)11-17(10-13)18(19)12-22(20,21)15(3)16-7-5-4-6-8-16/h4-11,15,18-19H,12H2,1-3H3. The first-order valence-electron chi connectivity index (χ1n) is 7.32. The molecule has 0 amide bonds. The van der Waals surface area contributed by atoms with Gasteiger partial charge in [-0.2, -0.15) is 0 Å². The predicted octanol–water partition coefficient (Wildman–Crippen LogP) is 3.51. The molecule has 0 heterocycles. The van der Waals surface area contributed by atoms with Gasteiger partial charge in [-0.3, -0.25) is 0 Å². The highest BCUT2D eigenvalue weighted by molar-refractivity contribution is 7.91. The van der Waals surface area contributed by atoms with Gasteiger partial charge in [-0.05, 0) is 31.9 Å². The molecular formula is C18H22O3S. The molecule has 22 heavy (non-hydrogen) atoms. The summed E-state index contributed by atoms with van der Waals surface area (Å²) in [5, 5.41) is 9.69. The lowest BCUT2D eigenvalue weighted by molar-refractivity contribution is 0.201. The van der Waals surface area contributed by atoms with Crippen molar-refractivity contribution in [3.63, 3.8) is 0 Å². The van der Waals surface area contributed by atoms with Crippen LogP contribution in [-0.2, 0) is 9.84 Å². The third kappa shape index (κ3) is 3.96. The first-order chi connectivity index (χ1) is 10.3. The van der Waals surface area contributed by atoms with E-state index in [4.69, 9.17) is 0 Å². The zero-order chi connectivity index (χ0) is 16.3. The average molecular weight is 318 g/mol. The monoisotopic (exact) mass is 318 g/mol. The van der Waals surface area contributed by atoms with Crippen molar-refractivity contribution in [3.05, 3.63) is 70.8 Å². The molecule has 0 aliphatic carbocycles. The molecule has 2 unspecified atom stereocenters. The Morgan fingerprint density at radius 3 is 2.05 bits per heavy atom. The lowest BCUT2D eigenvalue weighted by atomic mass is 10.0. The van der Waals surface area contributed by atoms with E-state index in [2.05, 4.69) is 0 Å². The second kappa shape index (κ2) is 6.63. The van der Waals surface area contributed by atoms with Gasteiger partial charge in [-0.1, -0.05) is 59.7 Å². The largest absolute Gasteiger partial charge is 0.387 e. The average Bonchev–Trinajstić information content (AvgIpc) is 2.46. The Morgan fingerprint density at radius 2 is 1.50 bits per heavy atom. The van der Waals surface area contributed by atoms with Crippen LogP contribution < -0.4 is 0 Å². The van der Waals surface area contributed by atoms with E-state index >= 15 is 0 Å². The van der Waals surface area contributed by atoms with Gasteiger partial charge in [0.2, 0.25) is 0 Å². The molecular weight excluding hydrogens is 296 g/mol. The molecule has 3 nitrogen and oxygen atoms in total. The van der Waals surface area contributed by atoms with Crippen molar-refractivity contribution in [2.24, 2.45) is 0 Å². The summed E-state index contributed by atoms with van der Waals surface area (Å²) in [4.78, 5) is 0. The third-order valence-electron chi connectivity index (χ3n) is 3.83. The van der Waals surface area contributed by atoms with E-state index in [9.17, 15) is 13.5 Å². The van der Waals surface area contributed by atoms with Crippen LogP contribution in [-0.4, -0.2) is 19.3 Å². The van der Waals surface area contributed by atoms with Crippen LogP contribution in [0.1, 0.15) is 40.5 Å². The maximum atomic E-state index is 12.5. The summed E-state index contributed by atoms with van der Waals surface area (Å²) in [5.74, 6) is -0.272. The van der Waals surface area contributed by atoms with Crippen molar-refractivity contribution in [1.82, 2.24) is 0 Å². The van der Waals surface area contributed by atoms with E-state index < -0.39 is 21.2 Å². The second-order valence-corrected chi connectivity index (χ2v) is 8.19. The quantitative estimate of drug-likeness (QED) is 0.918. The number of benzene rings is 2. The zero-order valence-corrected chi connectivity index (χ0v) is 14.0. The SMILES string of the molecule is Cc1cc(C)cc(C(O)CS(=O)(=O)C(C)c2ccccc2)c1. The van der Waals surface area contributed by atoms with Crippen molar-refractivity contribution >= 4 is 9.84 Å². The number of aliphatic hydroxyl groups is 1. The number of rotatable bonds is 5. The lowest BCUT2D eigenvalue weighted by Gasteiger charge is -2.17. The fourth-order valence-electron chi connectivity index (χ4n) is 2.59. The first-order valence-corrected chi connectivity index (χ1v) is 9.04. The number of sulfone groups is 1. The number of aryl methyl sites for hydroxylation is 2. The zero-order valence-electron chi connectivity index (χ0n) is 13.2. The van der Waals surface area contributed by atoms with Gasteiger partial charge in [0, 0.05) is 0 Å². The Kier molecular flexibility index (Phi) is 5.04. The highest BCUT2D eigenvalue weighted by Gasteiger charge is 2.26. The van der Waals surface area contributed by atoms with E-state index in [0.717, 1.165) is 16.7 Å². The van der Waals surface area contributed by atoms with Gasteiger partial charge >= 0.3 is 0 Å². The van der Waals surface area contributed by atoms with E-state index in [1.807, 2.05) is 50.2 Å². The molecule has 118 valence electrons. The van der Waals surface area contributed by atoms with Gasteiger partial charge in [0.25, 0.3) is 0 Å². The molecule has 0 fully saturated rings. The van der Waals surface area contributed by atoms with Gasteiger partial charge in [-0.25, -0.2) is 8.42 Å². The molecule has 2 rings (SSSR count). The Bertz CT molecular complexity index is 716. The van der Waals surface area contributed by atoms with E-state index in [1.165, 1.54) is 0 Å². The molecule has 0 aromatic heterocycles. The molecule has 2 atom stereocenters. The Balaban J connectivity index is 2.21. The van der Waals surface area contributed by atoms with Crippen molar-refractivity contribution in [2.45, 2.75) is 32.1 Å². The van der Waals surface area contributed by atoms with Crippen molar-refractivity contribution in [2.75, 3.05) is 5.75 Å². The molecule has 0 radical (unpaired) electrons. The van der Waals surface area contributed by atoms with Gasteiger partial charge in [0.15, 0.2) is 9.84 Å². The Labute approximate surface area is 132 Å². The molecule has 0 spiro atoms. The predicted molar refractivity (Wildman–Crippen MR) is 89.5 cm³/mol. The molecule has 0 aliphatic rings. The minimum atomic E-state index is -3.44. The van der Waals surface area contributed by atoms with Crippen LogP contribution in [0.5, 0.6) is 0 Å². The van der Waals surface area contributed by atoms with Crippen LogP contribution in [0.3, 0.4) is 0 Å². The lowest BCUT2D eigenvalue weighted by Crippen LogP contribution is -2.19. The van der Waals surface area contributed by atoms with Crippen molar-refractivity contribution in [3.8, 4) is 0 Å².